The predicted molar refractivity (Wildman–Crippen MR) is 131 cm³/mol. The summed E-state index contributed by atoms with van der Waals surface area (Å²) in [5, 5.41) is 71.6. The maximum Gasteiger partial charge on any atom is 0.187 e. The molecule has 212 valence electrons. The Hall–Kier alpha value is -2.81. The molecule has 2 aromatic rings. The summed E-state index contributed by atoms with van der Waals surface area (Å²) in [4.78, 5) is 12.8. The molecule has 2 aromatic carbocycles. The van der Waals surface area contributed by atoms with Gasteiger partial charge in [-0.3, -0.25) is 4.79 Å². The lowest BCUT2D eigenvalue weighted by Crippen LogP contribution is -2.61. The van der Waals surface area contributed by atoms with Crippen LogP contribution in [-0.4, -0.2) is 103 Å². The lowest BCUT2D eigenvalue weighted by Gasteiger charge is -2.44. The van der Waals surface area contributed by atoms with E-state index < -0.39 is 61.2 Å². The summed E-state index contributed by atoms with van der Waals surface area (Å²) in [7, 11) is 0. The number of phenolic OH excluding ortho intramolecular Hbond substituents is 2. The van der Waals surface area contributed by atoms with Crippen molar-refractivity contribution in [2.24, 2.45) is 0 Å². The Morgan fingerprint density at radius 1 is 0.949 bits per heavy atom. The molecule has 3 aliphatic rings. The highest BCUT2D eigenvalue weighted by atomic mass is 16.7. The molecule has 12 heteroatoms. The van der Waals surface area contributed by atoms with Crippen molar-refractivity contribution in [2.45, 2.75) is 81.0 Å². The van der Waals surface area contributed by atoms with Crippen LogP contribution in [0, 0.1) is 0 Å². The maximum atomic E-state index is 12.8. The van der Waals surface area contributed by atoms with E-state index in [1.54, 1.807) is 18.2 Å². The summed E-state index contributed by atoms with van der Waals surface area (Å²) >= 11 is 0. The van der Waals surface area contributed by atoms with Gasteiger partial charge in [-0.15, -0.1) is 0 Å². The highest BCUT2D eigenvalue weighted by Crippen LogP contribution is 2.41. The van der Waals surface area contributed by atoms with E-state index >= 15 is 0 Å². The smallest absolute Gasteiger partial charge is 0.187 e. The molecule has 0 spiro atoms. The van der Waals surface area contributed by atoms with E-state index in [-0.39, 0.29) is 48.0 Å². The van der Waals surface area contributed by atoms with Gasteiger partial charge in [0.25, 0.3) is 0 Å². The number of rotatable bonds is 5. The highest BCUT2D eigenvalue weighted by molar-refractivity contribution is 6.02. The van der Waals surface area contributed by atoms with Crippen LogP contribution in [0.1, 0.15) is 40.9 Å². The van der Waals surface area contributed by atoms with Crippen LogP contribution in [0.5, 0.6) is 17.2 Å². The number of phenols is 2. The second-order valence-corrected chi connectivity index (χ2v) is 10.2. The molecule has 2 fully saturated rings. The highest BCUT2D eigenvalue weighted by Gasteiger charge is 2.47. The third kappa shape index (κ3) is 5.47. The van der Waals surface area contributed by atoms with Crippen LogP contribution in [0.3, 0.4) is 0 Å². The van der Waals surface area contributed by atoms with Crippen LogP contribution >= 0.6 is 0 Å². The number of carbonyl (C=O) groups is 1. The van der Waals surface area contributed by atoms with E-state index in [9.17, 15) is 40.5 Å². The van der Waals surface area contributed by atoms with Gasteiger partial charge in [0.2, 0.25) is 0 Å². The van der Waals surface area contributed by atoms with Crippen LogP contribution in [0.4, 0.5) is 0 Å². The van der Waals surface area contributed by atoms with Crippen LogP contribution in [0.2, 0.25) is 0 Å². The Morgan fingerprint density at radius 3 is 2.38 bits per heavy atom. The van der Waals surface area contributed by atoms with Gasteiger partial charge in [-0.2, -0.15) is 0 Å². The number of fused-ring (bicyclic) bond motifs is 1. The number of Topliss-reactive ketones (excluding diaryl/α,β-unsaturated/α-hetero) is 1. The molecule has 3 aliphatic heterocycles. The average molecular weight is 549 g/mol. The van der Waals surface area contributed by atoms with Crippen molar-refractivity contribution in [3.8, 4) is 17.2 Å². The molecule has 0 radical (unpaired) electrons. The number of ether oxygens (including phenoxy) is 4. The molecule has 10 atom stereocenters. The Labute approximate surface area is 223 Å². The van der Waals surface area contributed by atoms with E-state index in [1.165, 1.54) is 25.1 Å². The fourth-order valence-corrected chi connectivity index (χ4v) is 5.20. The first kappa shape index (κ1) is 27.7. The van der Waals surface area contributed by atoms with Gasteiger partial charge in [0, 0.05) is 6.42 Å². The first-order chi connectivity index (χ1) is 18.5. The topological polar surface area (TPSA) is 196 Å². The van der Waals surface area contributed by atoms with Crippen molar-refractivity contribution in [2.75, 3.05) is 6.61 Å². The zero-order chi connectivity index (χ0) is 28.0. The molecule has 10 unspecified atom stereocenters. The van der Waals surface area contributed by atoms with Gasteiger partial charge in [0.1, 0.15) is 65.5 Å². The van der Waals surface area contributed by atoms with E-state index in [4.69, 9.17) is 18.9 Å². The number of benzene rings is 2. The summed E-state index contributed by atoms with van der Waals surface area (Å²) < 4.78 is 23.1. The summed E-state index contributed by atoms with van der Waals surface area (Å²) in [5.74, 6) is -0.373. The maximum absolute atomic E-state index is 12.8. The number of carbonyl (C=O) groups excluding carboxylic acids is 1. The summed E-state index contributed by atoms with van der Waals surface area (Å²) in [6.45, 7) is 1.27. The number of hydrogen-bond acceptors (Lipinski definition) is 12. The number of aliphatic hydroxyl groups excluding tert-OH is 5. The minimum absolute atomic E-state index is 0.000894. The number of ketones is 1. The average Bonchev–Trinajstić information content (AvgIpc) is 2.90. The third-order valence-electron chi connectivity index (χ3n) is 7.44. The second kappa shape index (κ2) is 11.0. The minimum atomic E-state index is -1.63. The van der Waals surface area contributed by atoms with Crippen LogP contribution in [0.25, 0.3) is 0 Å². The molecular weight excluding hydrogens is 516 g/mol. The zero-order valence-electron chi connectivity index (χ0n) is 21.0. The lowest BCUT2D eigenvalue weighted by atomic mass is 9.91. The molecule has 0 amide bonds. The SMILES string of the molecule is CC1OC(OC2C(Cc3cc(O)c4c(c3)OC(c3ccc(O)cc3)CC4=O)OCC(O)C2O)C(O)C(O)C1O. The number of aromatic hydroxyl groups is 2. The minimum Gasteiger partial charge on any atom is -0.508 e. The first-order valence-electron chi connectivity index (χ1n) is 12.7. The van der Waals surface area contributed by atoms with Crippen molar-refractivity contribution in [3.63, 3.8) is 0 Å². The molecule has 0 aliphatic carbocycles. The monoisotopic (exact) mass is 548 g/mol. The van der Waals surface area contributed by atoms with E-state index in [0.717, 1.165) is 0 Å². The van der Waals surface area contributed by atoms with Crippen molar-refractivity contribution in [1.29, 1.82) is 0 Å². The summed E-state index contributed by atoms with van der Waals surface area (Å²) in [6.07, 6.45) is -12.3. The third-order valence-corrected chi connectivity index (χ3v) is 7.44. The van der Waals surface area contributed by atoms with Gasteiger partial charge < -0.3 is 54.7 Å². The standard InChI is InChI=1S/C27H32O12/c1-11-22(32)24(34)25(35)27(37-11)39-26-20(36-10-17(31)23(26)33)8-12-6-15(29)21-16(30)9-18(38-19(21)7-12)13-2-4-14(28)5-3-13/h2-7,11,17-18,20,22-29,31-35H,8-10H2,1H3. The van der Waals surface area contributed by atoms with Crippen molar-refractivity contribution < 1.29 is 59.5 Å². The Bertz CT molecular complexity index is 1190. The van der Waals surface area contributed by atoms with Gasteiger partial charge in [-0.1, -0.05) is 12.1 Å². The molecule has 0 aromatic heterocycles. The van der Waals surface area contributed by atoms with E-state index in [1.807, 2.05) is 0 Å². The van der Waals surface area contributed by atoms with Crippen molar-refractivity contribution >= 4 is 5.78 Å². The molecule has 7 N–H and O–H groups in total. The van der Waals surface area contributed by atoms with E-state index in [2.05, 4.69) is 0 Å². The molecule has 12 nitrogen and oxygen atoms in total. The zero-order valence-corrected chi connectivity index (χ0v) is 21.0. The Morgan fingerprint density at radius 2 is 1.67 bits per heavy atom. The predicted octanol–water partition coefficient (Wildman–Crippen LogP) is -0.320. The molecule has 3 heterocycles. The van der Waals surface area contributed by atoms with Crippen molar-refractivity contribution in [1.82, 2.24) is 0 Å². The molecule has 5 rings (SSSR count). The van der Waals surface area contributed by atoms with E-state index in [0.29, 0.717) is 11.1 Å². The fraction of sp³-hybridized carbons (Fsp3) is 0.519. The lowest BCUT2D eigenvalue weighted by molar-refractivity contribution is -0.330. The normalized spacial score (nSPS) is 36.7. The van der Waals surface area contributed by atoms with Crippen LogP contribution in [-0.2, 0) is 20.6 Å². The molecule has 39 heavy (non-hydrogen) atoms. The number of aliphatic hydroxyl groups is 5. The van der Waals surface area contributed by atoms with Gasteiger partial charge in [-0.05, 0) is 42.3 Å². The van der Waals surface area contributed by atoms with Gasteiger partial charge in [0.15, 0.2) is 12.1 Å². The largest absolute Gasteiger partial charge is 0.508 e. The molecule has 2 saturated heterocycles. The Kier molecular flexibility index (Phi) is 7.82. The van der Waals surface area contributed by atoms with Gasteiger partial charge in [0.05, 0.1) is 25.2 Å². The molecule has 0 saturated carbocycles. The van der Waals surface area contributed by atoms with Gasteiger partial charge >= 0.3 is 0 Å². The fourth-order valence-electron chi connectivity index (χ4n) is 5.20. The van der Waals surface area contributed by atoms with Crippen LogP contribution in [0.15, 0.2) is 36.4 Å². The van der Waals surface area contributed by atoms with Gasteiger partial charge in [-0.25, -0.2) is 0 Å². The quantitative estimate of drug-likeness (QED) is 0.258. The van der Waals surface area contributed by atoms with Crippen molar-refractivity contribution in [3.05, 3.63) is 53.1 Å². The molecule has 0 bridgehead atoms. The van der Waals surface area contributed by atoms with Crippen LogP contribution < -0.4 is 4.74 Å². The second-order valence-electron chi connectivity index (χ2n) is 10.2. The molecular formula is C27H32O12. The summed E-state index contributed by atoms with van der Waals surface area (Å²) in [6, 6.07) is 9.22. The first-order valence-corrected chi connectivity index (χ1v) is 12.7. The number of hydrogen-bond donors (Lipinski definition) is 7. The Balaban J connectivity index is 1.37. The summed E-state index contributed by atoms with van der Waals surface area (Å²) in [5.41, 5.74) is 1.19.